The Kier molecular flexibility index (Phi) is 15.4. The summed E-state index contributed by atoms with van der Waals surface area (Å²) < 4.78 is 0. The number of aliphatic carboxylic acids is 1. The fraction of sp³-hybridized carbons (Fsp3) is 0.667. The zero-order chi connectivity index (χ0) is 10.1. The van der Waals surface area contributed by atoms with Crippen molar-refractivity contribution in [2.24, 2.45) is 0 Å². The van der Waals surface area contributed by atoms with Crippen molar-refractivity contribution in [1.29, 1.82) is 0 Å². The van der Waals surface area contributed by atoms with Gasteiger partial charge in [-0.05, 0) is 34.5 Å². The minimum atomic E-state index is -0.827. The van der Waals surface area contributed by atoms with Crippen molar-refractivity contribution in [3.05, 3.63) is 11.6 Å². The molecule has 0 bridgehead atoms. The highest BCUT2D eigenvalue weighted by Crippen LogP contribution is 1.92. The van der Waals surface area contributed by atoms with Gasteiger partial charge in [0.05, 0.1) is 0 Å². The van der Waals surface area contributed by atoms with Crippen molar-refractivity contribution in [3.8, 4) is 0 Å². The number of carbonyl (C=O) groups is 1. The van der Waals surface area contributed by atoms with E-state index in [4.69, 9.17) is 5.11 Å². The topological polar surface area (TPSA) is 75.5 Å². The van der Waals surface area contributed by atoms with Crippen LogP contribution in [0.25, 0.3) is 0 Å². The molecule has 13 heavy (non-hydrogen) atoms. The summed E-state index contributed by atoms with van der Waals surface area (Å²) in [5.41, 5.74) is 0.424. The van der Waals surface area contributed by atoms with Crippen molar-refractivity contribution in [1.82, 2.24) is 11.1 Å². The molecule has 0 fully saturated rings. The van der Waals surface area contributed by atoms with Crippen LogP contribution in [0.5, 0.6) is 0 Å². The molecule has 0 heterocycles. The summed E-state index contributed by atoms with van der Waals surface area (Å²) in [6.07, 6.45) is 2.47. The van der Waals surface area contributed by atoms with Gasteiger partial charge in [0.2, 0.25) is 0 Å². The number of rotatable bonds is 2. The lowest BCUT2D eigenvalue weighted by molar-refractivity contribution is -0.132. The van der Waals surface area contributed by atoms with Gasteiger partial charge < -0.3 is 16.2 Å². The lowest BCUT2D eigenvalue weighted by atomic mass is 10.2. The Morgan fingerprint density at radius 3 is 1.77 bits per heavy atom. The van der Waals surface area contributed by atoms with Gasteiger partial charge in [-0.25, -0.2) is 4.79 Å². The maximum absolute atomic E-state index is 10.0. The zero-order valence-corrected chi connectivity index (χ0v) is 9.29. The second-order valence-electron chi connectivity index (χ2n) is 2.94. The van der Waals surface area contributed by atoms with Crippen LogP contribution in [0.1, 0.15) is 20.3 Å². The minimum Gasteiger partial charge on any atom is -0.478 e. The van der Waals surface area contributed by atoms with Crippen LogP contribution in [-0.4, -0.2) is 37.1 Å². The van der Waals surface area contributed by atoms with Gasteiger partial charge in [-0.1, -0.05) is 13.0 Å². The number of nitrogens with zero attached hydrogens (tertiary/aromatic N) is 1. The van der Waals surface area contributed by atoms with Crippen molar-refractivity contribution in [2.75, 3.05) is 21.1 Å². The maximum atomic E-state index is 10.0. The van der Waals surface area contributed by atoms with E-state index in [-0.39, 0.29) is 6.15 Å². The molecule has 0 saturated heterocycles. The Morgan fingerprint density at radius 2 is 1.69 bits per heavy atom. The van der Waals surface area contributed by atoms with Gasteiger partial charge in [0.25, 0.3) is 0 Å². The van der Waals surface area contributed by atoms with Crippen molar-refractivity contribution >= 4 is 5.97 Å². The molecule has 4 nitrogen and oxygen atoms in total. The van der Waals surface area contributed by atoms with Gasteiger partial charge in [0, 0.05) is 5.57 Å². The lowest BCUT2D eigenvalue weighted by Gasteiger charge is -1.90. The molecule has 0 atom stereocenters. The number of hydrogen-bond acceptors (Lipinski definition) is 3. The second-order valence-corrected chi connectivity index (χ2v) is 2.94. The molecule has 4 heteroatoms. The first-order chi connectivity index (χ1) is 5.41. The Labute approximate surface area is 80.8 Å². The molecule has 80 valence electrons. The second kappa shape index (κ2) is 11.1. The van der Waals surface area contributed by atoms with Gasteiger partial charge in [-0.3, -0.25) is 0 Å². The van der Waals surface area contributed by atoms with Gasteiger partial charge >= 0.3 is 5.97 Å². The van der Waals surface area contributed by atoms with Crippen LogP contribution >= 0.6 is 0 Å². The third-order valence-electron chi connectivity index (χ3n) is 0.848. The number of allylic oxidation sites excluding steroid dienone is 1. The highest BCUT2D eigenvalue weighted by atomic mass is 16.4. The fourth-order valence-corrected chi connectivity index (χ4v) is 0.393. The lowest BCUT2D eigenvalue weighted by Crippen LogP contribution is -1.99. The van der Waals surface area contributed by atoms with Crippen LogP contribution in [0.4, 0.5) is 0 Å². The predicted octanol–water partition coefficient (Wildman–Crippen LogP) is 1.77. The summed E-state index contributed by atoms with van der Waals surface area (Å²) in [6.45, 7) is 3.50. The average Bonchev–Trinajstić information content (AvgIpc) is 1.86. The van der Waals surface area contributed by atoms with E-state index in [0.29, 0.717) is 5.57 Å². The van der Waals surface area contributed by atoms with Crippen molar-refractivity contribution < 1.29 is 9.90 Å². The van der Waals surface area contributed by atoms with Crippen molar-refractivity contribution in [3.63, 3.8) is 0 Å². The smallest absolute Gasteiger partial charge is 0.330 e. The van der Waals surface area contributed by atoms with E-state index in [1.165, 1.54) is 0 Å². The SMILES string of the molecule is CCC=C(C)C(=O)O.CN(C)C.N. The fourth-order valence-electron chi connectivity index (χ4n) is 0.393. The number of carboxylic acid groups (broad SMARTS) is 1. The first kappa shape index (κ1) is 18.0. The molecule has 0 aromatic heterocycles. The highest BCUT2D eigenvalue weighted by Gasteiger charge is 1.94. The molecule has 0 spiro atoms. The van der Waals surface area contributed by atoms with Gasteiger partial charge in [-0.2, -0.15) is 0 Å². The summed E-state index contributed by atoms with van der Waals surface area (Å²) in [6, 6.07) is 0. The molecular formula is C9H22N2O2. The largest absolute Gasteiger partial charge is 0.478 e. The maximum Gasteiger partial charge on any atom is 0.330 e. The van der Waals surface area contributed by atoms with Crippen LogP contribution in [-0.2, 0) is 4.79 Å². The highest BCUT2D eigenvalue weighted by molar-refractivity contribution is 5.85. The molecule has 4 N–H and O–H groups in total. The molecule has 0 aromatic rings. The third kappa shape index (κ3) is 24.7. The van der Waals surface area contributed by atoms with E-state index in [1.54, 1.807) is 13.0 Å². The van der Waals surface area contributed by atoms with E-state index in [2.05, 4.69) is 0 Å². The molecule has 0 aliphatic heterocycles. The monoisotopic (exact) mass is 190 g/mol. The average molecular weight is 190 g/mol. The Balaban J connectivity index is -0.000000173. The molecule has 0 saturated carbocycles. The first-order valence-corrected chi connectivity index (χ1v) is 3.92. The Morgan fingerprint density at radius 1 is 1.38 bits per heavy atom. The van der Waals surface area contributed by atoms with Crippen LogP contribution in [0.15, 0.2) is 11.6 Å². The van der Waals surface area contributed by atoms with E-state index in [1.807, 2.05) is 33.0 Å². The van der Waals surface area contributed by atoms with Gasteiger partial charge in [-0.15, -0.1) is 0 Å². The van der Waals surface area contributed by atoms with Crippen molar-refractivity contribution in [2.45, 2.75) is 20.3 Å². The summed E-state index contributed by atoms with van der Waals surface area (Å²) in [7, 11) is 6.00. The van der Waals surface area contributed by atoms with E-state index in [0.717, 1.165) is 6.42 Å². The number of hydrogen-bond donors (Lipinski definition) is 2. The molecule has 0 amide bonds. The molecule has 0 rings (SSSR count). The van der Waals surface area contributed by atoms with Gasteiger partial charge in [0.1, 0.15) is 0 Å². The molecule has 0 unspecified atom stereocenters. The summed E-state index contributed by atoms with van der Waals surface area (Å²) in [5.74, 6) is -0.827. The van der Waals surface area contributed by atoms with Crippen LogP contribution in [0, 0.1) is 0 Å². The minimum absolute atomic E-state index is 0. The van der Waals surface area contributed by atoms with E-state index in [9.17, 15) is 4.79 Å². The first-order valence-electron chi connectivity index (χ1n) is 3.92. The van der Waals surface area contributed by atoms with Crippen LogP contribution in [0.3, 0.4) is 0 Å². The van der Waals surface area contributed by atoms with E-state index >= 15 is 0 Å². The Hall–Kier alpha value is -0.870. The predicted molar refractivity (Wildman–Crippen MR) is 56.3 cm³/mol. The summed E-state index contributed by atoms with van der Waals surface area (Å²) in [4.78, 5) is 12.0. The third-order valence-corrected chi connectivity index (χ3v) is 0.848. The zero-order valence-electron chi connectivity index (χ0n) is 9.29. The number of carboxylic acids is 1. The quantitative estimate of drug-likeness (QED) is 0.651. The summed E-state index contributed by atoms with van der Waals surface area (Å²) in [5, 5.41) is 8.24. The standard InChI is InChI=1S/C6H10O2.C3H9N.H3N/c1-3-4-5(2)6(7)8;1-4(2)3;/h4H,3H2,1-2H3,(H,7,8);1-3H3;1H3. The normalized spacial score (nSPS) is 9.85. The van der Waals surface area contributed by atoms with Crippen LogP contribution < -0.4 is 6.15 Å². The molecule has 0 aromatic carbocycles. The molecule has 0 aliphatic rings. The molecular weight excluding hydrogens is 168 g/mol. The molecule has 0 radical (unpaired) electrons. The van der Waals surface area contributed by atoms with Gasteiger partial charge in [0.15, 0.2) is 0 Å². The summed E-state index contributed by atoms with van der Waals surface area (Å²) >= 11 is 0. The Bertz CT molecular complexity index is 151. The van der Waals surface area contributed by atoms with Crippen LogP contribution in [0.2, 0.25) is 0 Å². The van der Waals surface area contributed by atoms with E-state index < -0.39 is 5.97 Å². The molecule has 0 aliphatic carbocycles.